The lowest BCUT2D eigenvalue weighted by atomic mass is 10.4. The highest BCUT2D eigenvalue weighted by atomic mass is 19.1. The average molecular weight is 144 g/mol. The Labute approximate surface area is 58.0 Å². The second-order valence-electron chi connectivity index (χ2n) is 1.95. The van der Waals surface area contributed by atoms with Crippen molar-refractivity contribution in [2.45, 2.75) is 20.1 Å². The van der Waals surface area contributed by atoms with Gasteiger partial charge >= 0.3 is 0 Å². The molecule has 0 atom stereocenters. The lowest BCUT2D eigenvalue weighted by molar-refractivity contribution is 0.373. The highest BCUT2D eigenvalue weighted by Gasteiger charge is 2.06. The molecule has 1 aromatic rings. The summed E-state index contributed by atoms with van der Waals surface area (Å²) in [4.78, 5) is 3.87. The van der Waals surface area contributed by atoms with Crippen LogP contribution in [0.1, 0.15) is 17.3 Å². The topological polar surface area (TPSA) is 52.0 Å². The second-order valence-corrected chi connectivity index (χ2v) is 1.95. The molecule has 56 valence electrons. The molecule has 0 unspecified atom stereocenters. The van der Waals surface area contributed by atoms with Gasteiger partial charge in [0.2, 0.25) is 5.89 Å². The molecule has 3 nitrogen and oxygen atoms in total. The lowest BCUT2D eigenvalue weighted by Crippen LogP contribution is -1.95. The van der Waals surface area contributed by atoms with Crippen LogP contribution in [-0.4, -0.2) is 4.98 Å². The SMILES string of the molecule is Cc1nc(CN)oc1CF. The maximum atomic E-state index is 12.0. The zero-order valence-electron chi connectivity index (χ0n) is 5.72. The summed E-state index contributed by atoms with van der Waals surface area (Å²) in [5.41, 5.74) is 5.79. The van der Waals surface area contributed by atoms with Gasteiger partial charge in [-0.25, -0.2) is 9.37 Å². The fraction of sp³-hybridized carbons (Fsp3) is 0.500. The lowest BCUT2D eigenvalue weighted by Gasteiger charge is -1.84. The van der Waals surface area contributed by atoms with Crippen molar-refractivity contribution in [3.63, 3.8) is 0 Å². The zero-order valence-corrected chi connectivity index (χ0v) is 5.72. The van der Waals surface area contributed by atoms with E-state index >= 15 is 0 Å². The van der Waals surface area contributed by atoms with E-state index < -0.39 is 6.67 Å². The van der Waals surface area contributed by atoms with Crippen molar-refractivity contribution in [3.05, 3.63) is 17.3 Å². The monoisotopic (exact) mass is 144 g/mol. The molecule has 0 aromatic carbocycles. The van der Waals surface area contributed by atoms with E-state index in [2.05, 4.69) is 4.98 Å². The van der Waals surface area contributed by atoms with Crippen molar-refractivity contribution < 1.29 is 8.81 Å². The highest BCUT2D eigenvalue weighted by Crippen LogP contribution is 2.10. The molecular formula is C6H9FN2O. The largest absolute Gasteiger partial charge is 0.441 e. The van der Waals surface area contributed by atoms with E-state index in [-0.39, 0.29) is 12.3 Å². The standard InChI is InChI=1S/C6H9FN2O/c1-4-5(2-7)10-6(3-8)9-4/h2-3,8H2,1H3. The van der Waals surface area contributed by atoms with Crippen LogP contribution >= 0.6 is 0 Å². The normalized spacial score (nSPS) is 10.3. The Kier molecular flexibility index (Phi) is 2.01. The van der Waals surface area contributed by atoms with Crippen molar-refractivity contribution in [2.24, 2.45) is 5.73 Å². The number of alkyl halides is 1. The minimum Gasteiger partial charge on any atom is -0.441 e. The summed E-state index contributed by atoms with van der Waals surface area (Å²) >= 11 is 0. The van der Waals surface area contributed by atoms with Crippen LogP contribution in [0.3, 0.4) is 0 Å². The van der Waals surface area contributed by atoms with Gasteiger partial charge in [0.25, 0.3) is 0 Å². The van der Waals surface area contributed by atoms with Crippen LogP contribution < -0.4 is 5.73 Å². The Morgan fingerprint density at radius 3 is 2.70 bits per heavy atom. The maximum absolute atomic E-state index is 12.0. The third-order valence-corrected chi connectivity index (χ3v) is 1.23. The summed E-state index contributed by atoms with van der Waals surface area (Å²) in [7, 11) is 0. The molecule has 1 aromatic heterocycles. The summed E-state index contributed by atoms with van der Waals surface area (Å²) in [5, 5.41) is 0. The zero-order chi connectivity index (χ0) is 7.56. The fourth-order valence-electron chi connectivity index (χ4n) is 0.700. The number of aryl methyl sites for hydroxylation is 1. The molecule has 4 heteroatoms. The summed E-state index contributed by atoms with van der Waals surface area (Å²) in [6.45, 7) is 1.30. The van der Waals surface area contributed by atoms with Crippen molar-refractivity contribution in [2.75, 3.05) is 0 Å². The number of oxazole rings is 1. The first kappa shape index (κ1) is 7.21. The van der Waals surface area contributed by atoms with Crippen molar-refractivity contribution in [1.29, 1.82) is 0 Å². The van der Waals surface area contributed by atoms with Gasteiger partial charge in [0.15, 0.2) is 5.76 Å². The van der Waals surface area contributed by atoms with Gasteiger partial charge in [0.1, 0.15) is 6.67 Å². The van der Waals surface area contributed by atoms with Gasteiger partial charge in [0.05, 0.1) is 12.2 Å². The van der Waals surface area contributed by atoms with E-state index in [9.17, 15) is 4.39 Å². The second kappa shape index (κ2) is 2.79. The van der Waals surface area contributed by atoms with Gasteiger partial charge in [-0.1, -0.05) is 0 Å². The number of halogens is 1. The van der Waals surface area contributed by atoms with Gasteiger partial charge in [0, 0.05) is 0 Å². The summed E-state index contributed by atoms with van der Waals surface area (Å²) in [6.07, 6.45) is 0. The highest BCUT2D eigenvalue weighted by molar-refractivity contribution is 5.06. The quantitative estimate of drug-likeness (QED) is 0.671. The Bertz CT molecular complexity index is 222. The Morgan fingerprint density at radius 2 is 2.40 bits per heavy atom. The van der Waals surface area contributed by atoms with E-state index in [1.54, 1.807) is 6.92 Å². The molecule has 1 heterocycles. The molecule has 0 spiro atoms. The van der Waals surface area contributed by atoms with E-state index in [4.69, 9.17) is 10.2 Å². The predicted octanol–water partition coefficient (Wildman–Crippen LogP) is 0.911. The number of rotatable bonds is 2. The van der Waals surface area contributed by atoms with Crippen LogP contribution in [0.5, 0.6) is 0 Å². The molecule has 0 aliphatic heterocycles. The van der Waals surface area contributed by atoms with E-state index in [0.29, 0.717) is 11.6 Å². The first-order chi connectivity index (χ1) is 4.77. The van der Waals surface area contributed by atoms with E-state index in [0.717, 1.165) is 0 Å². The van der Waals surface area contributed by atoms with Gasteiger partial charge < -0.3 is 10.2 Å². The predicted molar refractivity (Wildman–Crippen MR) is 33.9 cm³/mol. The number of nitrogens with zero attached hydrogens (tertiary/aromatic N) is 1. The third kappa shape index (κ3) is 1.16. The first-order valence-corrected chi connectivity index (χ1v) is 2.99. The van der Waals surface area contributed by atoms with Crippen molar-refractivity contribution >= 4 is 0 Å². The molecule has 0 saturated carbocycles. The van der Waals surface area contributed by atoms with Crippen LogP contribution in [0.4, 0.5) is 4.39 Å². The van der Waals surface area contributed by atoms with E-state index in [1.165, 1.54) is 0 Å². The van der Waals surface area contributed by atoms with Gasteiger partial charge in [-0.2, -0.15) is 0 Å². The smallest absolute Gasteiger partial charge is 0.208 e. The number of aromatic nitrogens is 1. The number of nitrogens with two attached hydrogens (primary N) is 1. The first-order valence-electron chi connectivity index (χ1n) is 2.99. The van der Waals surface area contributed by atoms with Gasteiger partial charge in [-0.05, 0) is 6.92 Å². The summed E-state index contributed by atoms with van der Waals surface area (Å²) in [6, 6.07) is 0. The molecule has 0 bridgehead atoms. The third-order valence-electron chi connectivity index (χ3n) is 1.23. The van der Waals surface area contributed by atoms with Crippen molar-refractivity contribution in [3.8, 4) is 0 Å². The fourth-order valence-corrected chi connectivity index (χ4v) is 0.700. The molecule has 0 radical (unpaired) electrons. The maximum Gasteiger partial charge on any atom is 0.208 e. The Balaban J connectivity index is 2.92. The molecule has 10 heavy (non-hydrogen) atoms. The van der Waals surface area contributed by atoms with Gasteiger partial charge in [-0.3, -0.25) is 0 Å². The molecule has 2 N–H and O–H groups in total. The molecule has 0 amide bonds. The molecule has 0 aliphatic carbocycles. The van der Waals surface area contributed by atoms with Crippen LogP contribution in [-0.2, 0) is 13.2 Å². The minimum absolute atomic E-state index is 0.223. The Morgan fingerprint density at radius 1 is 1.70 bits per heavy atom. The molecule has 1 rings (SSSR count). The average Bonchev–Trinajstić information content (AvgIpc) is 2.30. The van der Waals surface area contributed by atoms with Crippen LogP contribution in [0.15, 0.2) is 4.42 Å². The summed E-state index contributed by atoms with van der Waals surface area (Å²) in [5.74, 6) is 0.672. The van der Waals surface area contributed by atoms with Crippen LogP contribution in [0.2, 0.25) is 0 Å². The van der Waals surface area contributed by atoms with E-state index in [1.807, 2.05) is 0 Å². The number of hydrogen-bond donors (Lipinski definition) is 1. The number of hydrogen-bond acceptors (Lipinski definition) is 3. The minimum atomic E-state index is -0.612. The van der Waals surface area contributed by atoms with Crippen molar-refractivity contribution in [1.82, 2.24) is 4.98 Å². The molecule has 0 saturated heterocycles. The molecule has 0 fully saturated rings. The molecular weight excluding hydrogens is 135 g/mol. The Hall–Kier alpha value is -0.900. The molecule has 0 aliphatic rings. The van der Waals surface area contributed by atoms with Gasteiger partial charge in [-0.15, -0.1) is 0 Å². The van der Waals surface area contributed by atoms with Crippen LogP contribution in [0, 0.1) is 6.92 Å². The summed E-state index contributed by atoms with van der Waals surface area (Å²) < 4.78 is 16.9. The van der Waals surface area contributed by atoms with Crippen LogP contribution in [0.25, 0.3) is 0 Å².